The molecule has 1 aromatic heterocycles. The molecule has 0 spiro atoms. The number of hydrogen-bond acceptors (Lipinski definition) is 4. The van der Waals surface area contributed by atoms with E-state index in [4.69, 9.17) is 11.6 Å². The van der Waals surface area contributed by atoms with E-state index in [-0.39, 0.29) is 30.2 Å². The van der Waals surface area contributed by atoms with Crippen molar-refractivity contribution in [3.8, 4) is 0 Å². The van der Waals surface area contributed by atoms with Crippen molar-refractivity contribution in [1.29, 1.82) is 0 Å². The molecular weight excluding hydrogens is 367 g/mol. The molecule has 1 atom stereocenters. The van der Waals surface area contributed by atoms with Crippen molar-refractivity contribution in [1.82, 2.24) is 14.9 Å². The molecule has 27 heavy (non-hydrogen) atoms. The van der Waals surface area contributed by atoms with E-state index in [0.29, 0.717) is 17.1 Å². The van der Waals surface area contributed by atoms with Crippen molar-refractivity contribution >= 4 is 23.3 Å². The van der Waals surface area contributed by atoms with E-state index in [1.165, 1.54) is 6.07 Å². The fourth-order valence-corrected chi connectivity index (χ4v) is 3.93. The monoisotopic (exact) mass is 388 g/mol. The molecule has 2 aromatic rings. The van der Waals surface area contributed by atoms with E-state index in [0.717, 1.165) is 38.0 Å². The predicted molar refractivity (Wildman–Crippen MR) is 102 cm³/mol. The van der Waals surface area contributed by atoms with Crippen molar-refractivity contribution < 1.29 is 9.18 Å². The Balaban J connectivity index is 1.50. The first-order chi connectivity index (χ1) is 13.1. The lowest BCUT2D eigenvalue weighted by Gasteiger charge is -2.35. The second-order valence-corrected chi connectivity index (χ2v) is 7.65. The maximum atomic E-state index is 14.2. The number of carbonyl (C=O) groups is 1. The quantitative estimate of drug-likeness (QED) is 0.784. The topological polar surface area (TPSA) is 49.3 Å². The highest BCUT2D eigenvalue weighted by Gasteiger charge is 2.38. The average Bonchev–Trinajstić information content (AvgIpc) is 3.53. The lowest BCUT2D eigenvalue weighted by Crippen LogP contribution is -2.45. The summed E-state index contributed by atoms with van der Waals surface area (Å²) in [6.07, 6.45) is 8.73. The van der Waals surface area contributed by atoms with Crippen LogP contribution in [0, 0.1) is 11.7 Å². The number of anilines is 1. The fourth-order valence-electron chi connectivity index (χ4n) is 3.70. The van der Waals surface area contributed by atoms with Crippen LogP contribution in [-0.2, 0) is 11.3 Å². The molecule has 2 aliphatic rings. The van der Waals surface area contributed by atoms with Gasteiger partial charge in [0.2, 0.25) is 5.91 Å². The third kappa shape index (κ3) is 4.05. The number of carbonyl (C=O) groups excluding carboxylic acids is 1. The summed E-state index contributed by atoms with van der Waals surface area (Å²) in [6, 6.07) is 4.85. The highest BCUT2D eigenvalue weighted by atomic mass is 35.5. The zero-order valence-corrected chi connectivity index (χ0v) is 15.8. The minimum absolute atomic E-state index is 0.0883. The van der Waals surface area contributed by atoms with Gasteiger partial charge in [0, 0.05) is 42.1 Å². The van der Waals surface area contributed by atoms with Crippen molar-refractivity contribution in [2.75, 3.05) is 18.0 Å². The molecule has 1 aromatic carbocycles. The molecule has 1 saturated carbocycles. The van der Waals surface area contributed by atoms with Crippen LogP contribution < -0.4 is 4.90 Å². The van der Waals surface area contributed by atoms with E-state index in [1.54, 1.807) is 30.7 Å². The van der Waals surface area contributed by atoms with Crippen LogP contribution in [0.15, 0.2) is 36.8 Å². The number of benzene rings is 1. The minimum Gasteiger partial charge on any atom is -0.355 e. The molecule has 5 nitrogen and oxygen atoms in total. The van der Waals surface area contributed by atoms with Gasteiger partial charge in [-0.15, -0.1) is 0 Å². The molecule has 0 bridgehead atoms. The van der Waals surface area contributed by atoms with E-state index < -0.39 is 0 Å². The average molecular weight is 389 g/mol. The Hall–Kier alpha value is -2.21. The van der Waals surface area contributed by atoms with Crippen molar-refractivity contribution in [2.24, 2.45) is 5.92 Å². The second-order valence-electron chi connectivity index (χ2n) is 7.25. The molecule has 7 heteroatoms. The highest BCUT2D eigenvalue weighted by molar-refractivity contribution is 6.31. The Kier molecular flexibility index (Phi) is 5.25. The predicted octanol–water partition coefficient (Wildman–Crippen LogP) is 3.68. The number of rotatable bonds is 5. The number of aromatic nitrogens is 2. The summed E-state index contributed by atoms with van der Waals surface area (Å²) in [4.78, 5) is 25.7. The van der Waals surface area contributed by atoms with Crippen molar-refractivity contribution in [3.05, 3.63) is 53.2 Å². The van der Waals surface area contributed by atoms with E-state index >= 15 is 0 Å². The van der Waals surface area contributed by atoms with Gasteiger partial charge in [0.1, 0.15) is 11.6 Å². The van der Waals surface area contributed by atoms with Gasteiger partial charge in [0.05, 0.1) is 18.7 Å². The van der Waals surface area contributed by atoms with Crippen LogP contribution in [0.25, 0.3) is 0 Å². The molecule has 0 radical (unpaired) electrons. The van der Waals surface area contributed by atoms with Gasteiger partial charge in [-0.3, -0.25) is 9.78 Å². The van der Waals surface area contributed by atoms with Gasteiger partial charge >= 0.3 is 0 Å². The molecule has 2 fully saturated rings. The molecule has 142 valence electrons. The lowest BCUT2D eigenvalue weighted by atomic mass is 9.96. The molecule has 1 aliphatic heterocycles. The minimum atomic E-state index is -0.356. The lowest BCUT2D eigenvalue weighted by molar-refractivity contribution is -0.137. The molecular formula is C20H22ClFN4O. The molecule has 1 aliphatic carbocycles. The Labute approximate surface area is 163 Å². The Morgan fingerprint density at radius 3 is 2.85 bits per heavy atom. The third-order valence-electron chi connectivity index (χ3n) is 5.31. The molecule has 1 amide bonds. The summed E-state index contributed by atoms with van der Waals surface area (Å²) >= 11 is 6.19. The SMILES string of the molecule is O=C([C@@H]1CCCN(c2cnccn2)C1)N(Cc1c(F)cccc1Cl)C1CC1. The van der Waals surface area contributed by atoms with Gasteiger partial charge in [-0.2, -0.15) is 0 Å². The van der Waals surface area contributed by atoms with Crippen LogP contribution in [0.1, 0.15) is 31.2 Å². The molecule has 0 N–H and O–H groups in total. The Bertz CT molecular complexity index is 795. The second kappa shape index (κ2) is 7.80. The number of hydrogen-bond donors (Lipinski definition) is 0. The van der Waals surface area contributed by atoms with Gasteiger partial charge in [-0.1, -0.05) is 17.7 Å². The van der Waals surface area contributed by atoms with Gasteiger partial charge < -0.3 is 9.80 Å². The highest BCUT2D eigenvalue weighted by Crippen LogP contribution is 2.33. The van der Waals surface area contributed by atoms with Gasteiger partial charge in [0.15, 0.2) is 0 Å². The van der Waals surface area contributed by atoms with Crippen LogP contribution in [0.2, 0.25) is 5.02 Å². The summed E-state index contributed by atoms with van der Waals surface area (Å²) in [5.74, 6) is 0.410. The van der Waals surface area contributed by atoms with Crippen LogP contribution in [0.5, 0.6) is 0 Å². The normalized spacial score (nSPS) is 19.8. The summed E-state index contributed by atoms with van der Waals surface area (Å²) in [7, 11) is 0. The van der Waals surface area contributed by atoms with Crippen LogP contribution in [0.4, 0.5) is 10.2 Å². The van der Waals surface area contributed by atoms with E-state index in [2.05, 4.69) is 14.9 Å². The van der Waals surface area contributed by atoms with Gasteiger partial charge in [0.25, 0.3) is 0 Å². The first-order valence-corrected chi connectivity index (χ1v) is 9.75. The Morgan fingerprint density at radius 2 is 2.15 bits per heavy atom. The van der Waals surface area contributed by atoms with Gasteiger partial charge in [-0.25, -0.2) is 9.37 Å². The first kappa shape index (κ1) is 18.2. The maximum Gasteiger partial charge on any atom is 0.228 e. The van der Waals surface area contributed by atoms with E-state index in [9.17, 15) is 9.18 Å². The molecule has 0 unspecified atom stereocenters. The van der Waals surface area contributed by atoms with Crippen molar-refractivity contribution in [3.63, 3.8) is 0 Å². The summed E-state index contributed by atoms with van der Waals surface area (Å²) in [5.41, 5.74) is 0.404. The van der Waals surface area contributed by atoms with Crippen LogP contribution in [-0.4, -0.2) is 39.9 Å². The van der Waals surface area contributed by atoms with Crippen molar-refractivity contribution in [2.45, 2.75) is 38.3 Å². The standard InChI is InChI=1S/C20H22ClFN4O/c21-17-4-1-5-18(22)16(17)13-26(15-6-7-15)20(27)14-3-2-10-25(12-14)19-11-23-8-9-24-19/h1,4-5,8-9,11,14-15H,2-3,6-7,10,12-13H2/t14-/m1/s1. The smallest absolute Gasteiger partial charge is 0.228 e. The number of amides is 1. The van der Waals surface area contributed by atoms with Crippen LogP contribution in [0.3, 0.4) is 0 Å². The number of nitrogens with zero attached hydrogens (tertiary/aromatic N) is 4. The summed E-state index contributed by atoms with van der Waals surface area (Å²) in [5, 5.41) is 0.373. The first-order valence-electron chi connectivity index (χ1n) is 9.38. The molecule has 1 saturated heterocycles. The van der Waals surface area contributed by atoms with Gasteiger partial charge in [-0.05, 0) is 37.8 Å². The zero-order valence-electron chi connectivity index (χ0n) is 15.0. The Morgan fingerprint density at radius 1 is 1.30 bits per heavy atom. The van der Waals surface area contributed by atoms with Crippen LogP contribution >= 0.6 is 11.6 Å². The maximum absolute atomic E-state index is 14.2. The fraction of sp³-hybridized carbons (Fsp3) is 0.450. The summed E-state index contributed by atoms with van der Waals surface area (Å²) in [6.45, 7) is 1.72. The third-order valence-corrected chi connectivity index (χ3v) is 5.66. The zero-order chi connectivity index (χ0) is 18.8. The largest absolute Gasteiger partial charge is 0.355 e. The molecule has 2 heterocycles. The van der Waals surface area contributed by atoms with E-state index in [1.807, 2.05) is 4.90 Å². The number of piperidine rings is 1. The molecule has 4 rings (SSSR count). The summed E-state index contributed by atoms with van der Waals surface area (Å²) < 4.78 is 14.2. The number of halogens is 2.